The van der Waals surface area contributed by atoms with E-state index in [9.17, 15) is 29.7 Å². The van der Waals surface area contributed by atoms with Gasteiger partial charge >= 0.3 is 0 Å². The van der Waals surface area contributed by atoms with Crippen molar-refractivity contribution in [3.05, 3.63) is 70.5 Å². The molecule has 1 aromatic rings. The second-order valence-corrected chi connectivity index (χ2v) is 11.0. The summed E-state index contributed by atoms with van der Waals surface area (Å²) in [5.41, 5.74) is 6.60. The highest BCUT2D eigenvalue weighted by molar-refractivity contribution is 6.05. The second-order valence-electron chi connectivity index (χ2n) is 11.0. The Morgan fingerprint density at radius 1 is 0.952 bits per heavy atom. The van der Waals surface area contributed by atoms with E-state index in [0.717, 1.165) is 50.8 Å². The number of aliphatic hydroxyl groups excluding tert-OH is 3. The molecule has 42 heavy (non-hydrogen) atoms. The van der Waals surface area contributed by atoms with Crippen LogP contribution in [0.5, 0.6) is 0 Å². The molecular formula is C33H49N3O6. The quantitative estimate of drug-likeness (QED) is 0.125. The van der Waals surface area contributed by atoms with E-state index in [1.54, 1.807) is 12.2 Å². The smallest absolute Gasteiger partial charge is 0.251 e. The van der Waals surface area contributed by atoms with Crippen molar-refractivity contribution in [1.82, 2.24) is 10.2 Å². The maximum absolute atomic E-state index is 13.6. The molecule has 232 valence electrons. The summed E-state index contributed by atoms with van der Waals surface area (Å²) in [6.07, 6.45) is 10.8. The van der Waals surface area contributed by atoms with Crippen LogP contribution in [0.25, 0.3) is 0 Å². The van der Waals surface area contributed by atoms with Crippen LogP contribution >= 0.6 is 0 Å². The van der Waals surface area contributed by atoms with Crippen LogP contribution in [-0.2, 0) is 0 Å². The lowest BCUT2D eigenvalue weighted by Crippen LogP contribution is -2.48. The van der Waals surface area contributed by atoms with Crippen LogP contribution in [0.2, 0.25) is 0 Å². The first kappa shape index (κ1) is 34.9. The number of carbonyl (C=O) groups is 3. The van der Waals surface area contributed by atoms with Crippen molar-refractivity contribution in [3.8, 4) is 0 Å². The second kappa shape index (κ2) is 18.3. The predicted octanol–water partition coefficient (Wildman–Crippen LogP) is 4.60. The van der Waals surface area contributed by atoms with Crippen molar-refractivity contribution >= 4 is 17.6 Å². The normalized spacial score (nSPS) is 18.9. The molecular weight excluding hydrogens is 534 g/mol. The van der Waals surface area contributed by atoms with Crippen molar-refractivity contribution in [3.63, 3.8) is 0 Å². The highest BCUT2D eigenvalue weighted by atomic mass is 16.3. The number of amides is 2. The van der Waals surface area contributed by atoms with E-state index in [0.29, 0.717) is 19.3 Å². The zero-order valence-corrected chi connectivity index (χ0v) is 25.3. The van der Waals surface area contributed by atoms with Crippen LogP contribution in [0.4, 0.5) is 0 Å². The van der Waals surface area contributed by atoms with Gasteiger partial charge in [-0.05, 0) is 75.0 Å². The number of benzene rings is 1. The predicted molar refractivity (Wildman–Crippen MR) is 166 cm³/mol. The Balaban J connectivity index is 2.38. The first-order valence-corrected chi connectivity index (χ1v) is 15.2. The lowest BCUT2D eigenvalue weighted by atomic mass is 9.93. The molecule has 0 bridgehead atoms. The number of ketones is 1. The minimum atomic E-state index is -1.28. The van der Waals surface area contributed by atoms with Gasteiger partial charge in [0.25, 0.3) is 5.91 Å². The molecule has 0 radical (unpaired) electrons. The summed E-state index contributed by atoms with van der Waals surface area (Å²) in [5, 5.41) is 34.7. The van der Waals surface area contributed by atoms with Gasteiger partial charge in [-0.15, -0.1) is 0 Å². The molecule has 2 amide bonds. The molecule has 0 aliphatic heterocycles. The maximum atomic E-state index is 13.6. The van der Waals surface area contributed by atoms with Crippen molar-refractivity contribution < 1.29 is 29.7 Å². The number of nitrogens with two attached hydrogens (primary N) is 1. The molecule has 0 aromatic heterocycles. The highest BCUT2D eigenvalue weighted by Gasteiger charge is 2.29. The zero-order valence-electron chi connectivity index (χ0n) is 25.3. The van der Waals surface area contributed by atoms with E-state index in [4.69, 9.17) is 5.73 Å². The van der Waals surface area contributed by atoms with Gasteiger partial charge in [0.2, 0.25) is 5.91 Å². The molecule has 0 heterocycles. The third kappa shape index (κ3) is 11.5. The summed E-state index contributed by atoms with van der Waals surface area (Å²) >= 11 is 0. The number of nitrogens with one attached hydrogen (secondary N) is 1. The molecule has 6 N–H and O–H groups in total. The van der Waals surface area contributed by atoms with Crippen LogP contribution in [0.1, 0.15) is 110 Å². The lowest BCUT2D eigenvalue weighted by molar-refractivity contribution is -0.00814. The molecule has 3 atom stereocenters. The lowest BCUT2D eigenvalue weighted by Gasteiger charge is -2.28. The van der Waals surface area contributed by atoms with Crippen LogP contribution < -0.4 is 11.1 Å². The first-order valence-electron chi connectivity index (χ1n) is 15.2. The zero-order chi connectivity index (χ0) is 31.1. The molecule has 1 aliphatic carbocycles. The molecule has 1 aromatic carbocycles. The highest BCUT2D eigenvalue weighted by Crippen LogP contribution is 2.20. The summed E-state index contributed by atoms with van der Waals surface area (Å²) in [6, 6.07) is 3.30. The molecule has 9 heteroatoms. The van der Waals surface area contributed by atoms with Crippen LogP contribution in [0.3, 0.4) is 0 Å². The fraction of sp³-hybridized carbons (Fsp3) is 0.545. The Hall–Kier alpha value is -3.27. The molecule has 0 saturated carbocycles. The van der Waals surface area contributed by atoms with E-state index in [1.165, 1.54) is 18.2 Å². The van der Waals surface area contributed by atoms with Gasteiger partial charge in [0.15, 0.2) is 5.78 Å². The Bertz CT molecular complexity index is 1140. The Labute approximate surface area is 250 Å². The van der Waals surface area contributed by atoms with E-state index < -0.39 is 30.1 Å². The van der Waals surface area contributed by atoms with Gasteiger partial charge in [0, 0.05) is 23.1 Å². The van der Waals surface area contributed by atoms with Gasteiger partial charge in [0.1, 0.15) is 6.10 Å². The molecule has 2 rings (SSSR count). The Morgan fingerprint density at radius 3 is 2.26 bits per heavy atom. The van der Waals surface area contributed by atoms with Gasteiger partial charge in [-0.25, -0.2) is 0 Å². The Morgan fingerprint density at radius 2 is 1.62 bits per heavy atom. The Kier molecular flexibility index (Phi) is 15.2. The van der Waals surface area contributed by atoms with Gasteiger partial charge < -0.3 is 26.4 Å². The molecule has 3 unspecified atom stereocenters. The summed E-state index contributed by atoms with van der Waals surface area (Å²) in [4.78, 5) is 40.9. The number of unbranched alkanes of at least 4 members (excludes halogenated alkanes) is 2. The van der Waals surface area contributed by atoms with Crippen LogP contribution in [0.15, 0.2) is 53.8 Å². The number of nitrogens with zero attached hydrogens (tertiary/aromatic N) is 1. The van der Waals surface area contributed by atoms with Crippen LogP contribution in [-0.4, -0.2) is 75.7 Å². The number of carbonyl (C=O) groups excluding carboxylic acids is 3. The number of Topliss-reactive ketones (excluding diaryl/α,β-unsaturated/α-hetero) is 1. The largest absolute Gasteiger partial charge is 0.512 e. The van der Waals surface area contributed by atoms with E-state index in [2.05, 4.69) is 5.32 Å². The van der Waals surface area contributed by atoms with Crippen molar-refractivity contribution in [2.45, 2.75) is 96.8 Å². The number of hydrogen-bond acceptors (Lipinski definition) is 7. The molecule has 9 nitrogen and oxygen atoms in total. The summed E-state index contributed by atoms with van der Waals surface area (Å²) in [5.74, 6) is -1.37. The van der Waals surface area contributed by atoms with Crippen molar-refractivity contribution in [1.29, 1.82) is 0 Å². The van der Waals surface area contributed by atoms with Gasteiger partial charge in [-0.3, -0.25) is 19.3 Å². The molecule has 0 spiro atoms. The third-order valence-corrected chi connectivity index (χ3v) is 7.32. The van der Waals surface area contributed by atoms with E-state index >= 15 is 0 Å². The van der Waals surface area contributed by atoms with Crippen molar-refractivity contribution in [2.75, 3.05) is 19.6 Å². The topological polar surface area (TPSA) is 153 Å². The van der Waals surface area contributed by atoms with Gasteiger partial charge in [-0.1, -0.05) is 58.3 Å². The average Bonchev–Trinajstić information content (AvgIpc) is 2.95. The van der Waals surface area contributed by atoms with Crippen LogP contribution in [0, 0.1) is 0 Å². The number of hydrogen-bond donors (Lipinski definition) is 5. The number of allylic oxidation sites excluding steroid dienone is 5. The fourth-order valence-electron chi connectivity index (χ4n) is 5.01. The van der Waals surface area contributed by atoms with Gasteiger partial charge in [0.05, 0.1) is 24.4 Å². The summed E-state index contributed by atoms with van der Waals surface area (Å²) in [7, 11) is 0. The number of aliphatic hydroxyl groups is 3. The minimum Gasteiger partial charge on any atom is -0.512 e. The molecule has 0 fully saturated rings. The first-order chi connectivity index (χ1) is 20.1. The third-order valence-electron chi connectivity index (χ3n) is 7.32. The summed E-state index contributed by atoms with van der Waals surface area (Å²) < 4.78 is 0. The minimum absolute atomic E-state index is 0.0338. The molecule has 0 saturated heterocycles. The maximum Gasteiger partial charge on any atom is 0.251 e. The monoisotopic (exact) mass is 583 g/mol. The molecule has 1 aliphatic rings. The summed E-state index contributed by atoms with van der Waals surface area (Å²) in [6.45, 7) is 7.77. The average molecular weight is 584 g/mol. The SMILES string of the molecule is CCCCCC(O)C(O)C(CC1=C/C=C(/O)CC/C=C\1)NC(=O)c1cc(C(N)=O)cc(C(=O)CN(CCC)CCC)c1. The fourth-order valence-corrected chi connectivity index (χ4v) is 5.01. The number of primary amides is 1. The standard InChI is InChI=1S/C33H49N3O6/c1-4-7-8-13-29(38)31(40)28(18-23-11-9-10-12-27(37)15-14-23)35-33(42)26-20-24(19-25(21-26)32(34)41)30(39)22-36(16-5-2)17-6-3/h9,11,14-15,19-21,28-29,31,37-38,40H,4-8,10,12-13,16-18,22H2,1-3H3,(H2,34,41)(H,35,42)/b11-9-,23-14+,27-15+. The van der Waals surface area contributed by atoms with Gasteiger partial charge in [-0.2, -0.15) is 0 Å². The van der Waals surface area contributed by atoms with Crippen molar-refractivity contribution in [2.24, 2.45) is 5.73 Å². The number of rotatable bonds is 18. The van der Waals surface area contributed by atoms with E-state index in [-0.39, 0.29) is 41.2 Å². The van der Waals surface area contributed by atoms with E-state index in [1.807, 2.05) is 37.8 Å².